The van der Waals surface area contributed by atoms with Crippen molar-refractivity contribution >= 4 is 28.3 Å². The zero-order chi connectivity index (χ0) is 21.2. The second-order valence-corrected chi connectivity index (χ2v) is 9.85. The van der Waals surface area contributed by atoms with Crippen LogP contribution in [0.1, 0.15) is 52.7 Å². The van der Waals surface area contributed by atoms with Crippen molar-refractivity contribution in [3.05, 3.63) is 33.4 Å². The van der Waals surface area contributed by atoms with E-state index in [4.69, 9.17) is 9.73 Å². The highest BCUT2D eigenvalue weighted by molar-refractivity contribution is 8.14. The first-order valence-corrected chi connectivity index (χ1v) is 10.8. The fourth-order valence-electron chi connectivity index (χ4n) is 3.42. The number of hydrogen-bond donors (Lipinski definition) is 0. The molecule has 1 heterocycles. The standard InChI is InChI=1S/C21H33N3O3S/c1-13(2)11-23-19(16(5)27-21(6,7)8)12-28-20(23)22-17-9-10-18(24(25)26)15(4)14(17)3/h9-10,13,16,19H,11-12H2,1-8H3/t16?,19-/m1/s1. The van der Waals surface area contributed by atoms with Gasteiger partial charge in [0.2, 0.25) is 0 Å². The van der Waals surface area contributed by atoms with Crippen LogP contribution in [0, 0.1) is 29.9 Å². The lowest BCUT2D eigenvalue weighted by Crippen LogP contribution is -2.46. The minimum absolute atomic E-state index is 0.0821. The van der Waals surface area contributed by atoms with Gasteiger partial charge in [-0.25, -0.2) is 4.99 Å². The summed E-state index contributed by atoms with van der Waals surface area (Å²) in [4.78, 5) is 18.1. The molecule has 156 valence electrons. The minimum Gasteiger partial charge on any atom is -0.371 e. The summed E-state index contributed by atoms with van der Waals surface area (Å²) < 4.78 is 6.23. The van der Waals surface area contributed by atoms with Crippen LogP contribution in [0.5, 0.6) is 0 Å². The second kappa shape index (κ2) is 8.82. The maximum Gasteiger partial charge on any atom is 0.272 e. The summed E-state index contributed by atoms with van der Waals surface area (Å²) in [7, 11) is 0. The molecular weight excluding hydrogens is 374 g/mol. The lowest BCUT2D eigenvalue weighted by Gasteiger charge is -2.35. The summed E-state index contributed by atoms with van der Waals surface area (Å²) in [5, 5.41) is 12.2. The van der Waals surface area contributed by atoms with Gasteiger partial charge < -0.3 is 9.64 Å². The van der Waals surface area contributed by atoms with Crippen LogP contribution in [0.4, 0.5) is 11.4 Å². The Morgan fingerprint density at radius 1 is 1.29 bits per heavy atom. The summed E-state index contributed by atoms with van der Waals surface area (Å²) in [5.74, 6) is 1.42. The van der Waals surface area contributed by atoms with E-state index in [0.717, 1.165) is 28.7 Å². The molecule has 0 radical (unpaired) electrons. The summed E-state index contributed by atoms with van der Waals surface area (Å²) in [6.45, 7) is 17.4. The second-order valence-electron chi connectivity index (χ2n) is 8.87. The van der Waals surface area contributed by atoms with Gasteiger partial charge in [-0.2, -0.15) is 0 Å². The highest BCUT2D eigenvalue weighted by Crippen LogP contribution is 2.34. The fourth-order valence-corrected chi connectivity index (χ4v) is 4.73. The first-order valence-electron chi connectivity index (χ1n) is 9.81. The van der Waals surface area contributed by atoms with Crippen molar-refractivity contribution in [2.45, 2.75) is 73.1 Å². The molecule has 0 saturated carbocycles. The van der Waals surface area contributed by atoms with Gasteiger partial charge in [0, 0.05) is 23.9 Å². The molecule has 2 rings (SSSR count). The average Bonchev–Trinajstić information content (AvgIpc) is 2.92. The van der Waals surface area contributed by atoms with Crippen LogP contribution in [-0.2, 0) is 4.74 Å². The molecule has 0 N–H and O–H groups in total. The van der Waals surface area contributed by atoms with Crippen LogP contribution in [0.25, 0.3) is 0 Å². The predicted octanol–water partition coefficient (Wildman–Crippen LogP) is 5.48. The zero-order valence-electron chi connectivity index (χ0n) is 18.3. The number of hydrogen-bond acceptors (Lipinski definition) is 5. The van der Waals surface area contributed by atoms with Crippen LogP contribution in [-0.4, -0.2) is 45.0 Å². The molecule has 0 aliphatic carbocycles. The van der Waals surface area contributed by atoms with Crippen molar-refractivity contribution in [1.82, 2.24) is 4.90 Å². The van der Waals surface area contributed by atoms with Gasteiger partial charge >= 0.3 is 0 Å². The third-order valence-corrected chi connectivity index (χ3v) is 5.91. The highest BCUT2D eigenvalue weighted by atomic mass is 32.2. The number of nitro groups is 1. The van der Waals surface area contributed by atoms with E-state index in [1.165, 1.54) is 0 Å². The Balaban J connectivity index is 2.36. The van der Waals surface area contributed by atoms with E-state index in [9.17, 15) is 10.1 Å². The lowest BCUT2D eigenvalue weighted by molar-refractivity contribution is -0.385. The average molecular weight is 408 g/mol. The Morgan fingerprint density at radius 2 is 1.93 bits per heavy atom. The van der Waals surface area contributed by atoms with E-state index in [0.29, 0.717) is 11.5 Å². The van der Waals surface area contributed by atoms with E-state index in [1.807, 2.05) is 6.92 Å². The van der Waals surface area contributed by atoms with Crippen LogP contribution < -0.4 is 0 Å². The number of amidine groups is 1. The number of nitro benzene ring substituents is 1. The highest BCUT2D eigenvalue weighted by Gasteiger charge is 2.36. The Labute approximate surface area is 172 Å². The van der Waals surface area contributed by atoms with Crippen molar-refractivity contribution in [3.8, 4) is 0 Å². The first-order chi connectivity index (χ1) is 12.9. The predicted molar refractivity (Wildman–Crippen MR) is 118 cm³/mol. The van der Waals surface area contributed by atoms with Gasteiger partial charge in [-0.15, -0.1) is 0 Å². The topological polar surface area (TPSA) is 68.0 Å². The quantitative estimate of drug-likeness (QED) is 0.461. The molecule has 1 saturated heterocycles. The normalized spacial score (nSPS) is 20.2. The smallest absolute Gasteiger partial charge is 0.272 e. The first kappa shape index (κ1) is 22.7. The summed E-state index contributed by atoms with van der Waals surface area (Å²) >= 11 is 1.74. The molecule has 28 heavy (non-hydrogen) atoms. The molecule has 1 unspecified atom stereocenters. The number of thioether (sulfide) groups is 1. The Morgan fingerprint density at radius 3 is 2.46 bits per heavy atom. The lowest BCUT2D eigenvalue weighted by atomic mass is 10.1. The van der Waals surface area contributed by atoms with Gasteiger partial charge in [-0.3, -0.25) is 10.1 Å². The van der Waals surface area contributed by atoms with E-state index >= 15 is 0 Å². The van der Waals surface area contributed by atoms with Gasteiger partial charge in [0.25, 0.3) is 5.69 Å². The molecule has 6 nitrogen and oxygen atoms in total. The van der Waals surface area contributed by atoms with Gasteiger partial charge in [-0.1, -0.05) is 25.6 Å². The monoisotopic (exact) mass is 407 g/mol. The maximum atomic E-state index is 11.2. The number of benzene rings is 1. The Hall–Kier alpha value is -1.60. The van der Waals surface area contributed by atoms with Crippen molar-refractivity contribution in [2.75, 3.05) is 12.3 Å². The molecular formula is C21H33N3O3S. The Kier molecular flexibility index (Phi) is 7.15. The number of nitrogens with zero attached hydrogens (tertiary/aromatic N) is 3. The largest absolute Gasteiger partial charge is 0.371 e. The van der Waals surface area contributed by atoms with Gasteiger partial charge in [0.05, 0.1) is 28.4 Å². The van der Waals surface area contributed by atoms with Crippen LogP contribution in [0.3, 0.4) is 0 Å². The van der Waals surface area contributed by atoms with Crippen LogP contribution in [0.15, 0.2) is 17.1 Å². The molecule has 1 aliphatic rings. The Bertz CT molecular complexity index is 756. The molecule has 1 fully saturated rings. The van der Waals surface area contributed by atoms with Gasteiger partial charge in [-0.05, 0) is 59.1 Å². The molecule has 7 heteroatoms. The van der Waals surface area contributed by atoms with E-state index in [1.54, 1.807) is 30.8 Å². The summed E-state index contributed by atoms with van der Waals surface area (Å²) in [6, 6.07) is 3.56. The van der Waals surface area contributed by atoms with E-state index < -0.39 is 0 Å². The van der Waals surface area contributed by atoms with Crippen LogP contribution >= 0.6 is 11.8 Å². The van der Waals surface area contributed by atoms with E-state index in [-0.39, 0.29) is 28.4 Å². The zero-order valence-corrected chi connectivity index (χ0v) is 19.1. The molecule has 0 bridgehead atoms. The number of rotatable bonds is 6. The molecule has 0 amide bonds. The summed E-state index contributed by atoms with van der Waals surface area (Å²) in [5.41, 5.74) is 2.27. The minimum atomic E-state index is -0.337. The molecule has 0 aromatic heterocycles. The molecule has 1 aliphatic heterocycles. The molecule has 2 atom stereocenters. The van der Waals surface area contributed by atoms with Crippen molar-refractivity contribution in [3.63, 3.8) is 0 Å². The van der Waals surface area contributed by atoms with Gasteiger partial charge in [0.15, 0.2) is 5.17 Å². The molecule has 1 aromatic carbocycles. The van der Waals surface area contributed by atoms with Crippen molar-refractivity contribution < 1.29 is 9.66 Å². The molecule has 0 spiro atoms. The number of aliphatic imine (C=N–C) groups is 1. The number of ether oxygens (including phenoxy) is 1. The van der Waals surface area contributed by atoms with Gasteiger partial charge in [0.1, 0.15) is 0 Å². The third-order valence-electron chi connectivity index (χ3n) is 4.82. The molecule has 1 aromatic rings. The fraction of sp³-hybridized carbons (Fsp3) is 0.667. The SMILES string of the molecule is Cc1c(N=C2SC[C@H](C(C)OC(C)(C)C)N2CC(C)C)ccc([N+](=O)[O-])c1C. The van der Waals surface area contributed by atoms with Crippen molar-refractivity contribution in [2.24, 2.45) is 10.9 Å². The van der Waals surface area contributed by atoms with Crippen molar-refractivity contribution in [1.29, 1.82) is 0 Å². The van der Waals surface area contributed by atoms with Crippen LogP contribution in [0.2, 0.25) is 0 Å². The van der Waals surface area contributed by atoms with E-state index in [2.05, 4.69) is 46.4 Å². The third kappa shape index (κ3) is 5.47. The maximum absolute atomic E-state index is 11.2. The summed E-state index contributed by atoms with van der Waals surface area (Å²) in [6.07, 6.45) is 0.0821.